The molecule has 2 aromatic carbocycles. The molecule has 0 aliphatic carbocycles. The van der Waals surface area contributed by atoms with Crippen LogP contribution in [0.15, 0.2) is 48.5 Å². The lowest BCUT2D eigenvalue weighted by atomic mass is 9.96. The summed E-state index contributed by atoms with van der Waals surface area (Å²) < 4.78 is 0. The number of carbonyl (C=O) groups excluding carboxylic acids is 2. The van der Waals surface area contributed by atoms with Crippen LogP contribution >= 0.6 is 0 Å². The summed E-state index contributed by atoms with van der Waals surface area (Å²) in [5, 5.41) is 7.19. The molecule has 3 aromatic rings. The first-order valence-corrected chi connectivity index (χ1v) is 9.34. The van der Waals surface area contributed by atoms with Gasteiger partial charge in [-0.05, 0) is 56.0 Å². The lowest BCUT2D eigenvalue weighted by Crippen LogP contribution is -2.29. The van der Waals surface area contributed by atoms with E-state index in [0.717, 1.165) is 34.5 Å². The number of Topliss-reactive ketones (excluding diaryl/α,β-unsaturated/α-hetero) is 1. The van der Waals surface area contributed by atoms with Gasteiger partial charge in [-0.15, -0.1) is 0 Å². The highest BCUT2D eigenvalue weighted by Gasteiger charge is 2.15. The fraction of sp³-hybridized carbons (Fsp3) is 0.261. The minimum absolute atomic E-state index is 0.00954. The number of nitrogens with zero attached hydrogens (tertiary/aromatic N) is 2. The van der Waals surface area contributed by atoms with E-state index in [1.54, 1.807) is 11.8 Å². The topological polar surface area (TPSA) is 66.1 Å². The zero-order chi connectivity index (χ0) is 20.3. The number of rotatable bonds is 6. The number of aryl methyl sites for hydroxylation is 2. The maximum Gasteiger partial charge on any atom is 0.253 e. The summed E-state index contributed by atoms with van der Waals surface area (Å²) in [7, 11) is 1.81. The highest BCUT2D eigenvalue weighted by molar-refractivity contribution is 6.02. The highest BCUT2D eigenvalue weighted by atomic mass is 16.2. The number of amides is 1. The van der Waals surface area contributed by atoms with Crippen LogP contribution in [0.4, 0.5) is 0 Å². The number of likely N-dealkylation sites (N-methyl/N-ethyl adjacent to an activating group) is 1. The normalized spacial score (nSPS) is 10.7. The van der Waals surface area contributed by atoms with Gasteiger partial charge in [0.1, 0.15) is 0 Å². The van der Waals surface area contributed by atoms with Gasteiger partial charge in [0.25, 0.3) is 5.91 Å². The van der Waals surface area contributed by atoms with Gasteiger partial charge < -0.3 is 4.90 Å². The van der Waals surface area contributed by atoms with Crippen LogP contribution < -0.4 is 0 Å². The van der Waals surface area contributed by atoms with Gasteiger partial charge in [-0.1, -0.05) is 36.4 Å². The molecule has 0 aliphatic heterocycles. The van der Waals surface area contributed by atoms with Crippen LogP contribution in [-0.4, -0.2) is 40.4 Å². The molecule has 0 saturated heterocycles. The van der Waals surface area contributed by atoms with Gasteiger partial charge in [-0.2, -0.15) is 5.10 Å². The second-order valence-electron chi connectivity index (χ2n) is 7.07. The number of nitrogens with one attached hydrogen (secondary N) is 1. The molecule has 28 heavy (non-hydrogen) atoms. The number of H-pyrrole nitrogens is 1. The van der Waals surface area contributed by atoms with Crippen molar-refractivity contribution in [3.8, 4) is 11.1 Å². The third-order valence-corrected chi connectivity index (χ3v) is 5.05. The molecule has 144 valence electrons. The third-order valence-electron chi connectivity index (χ3n) is 5.05. The fourth-order valence-corrected chi connectivity index (χ4v) is 3.41. The Kier molecular flexibility index (Phi) is 5.73. The molecular formula is C23H25N3O2. The second-order valence-corrected chi connectivity index (χ2v) is 7.07. The van der Waals surface area contributed by atoms with Crippen molar-refractivity contribution in [2.45, 2.75) is 27.2 Å². The first-order valence-electron chi connectivity index (χ1n) is 9.34. The summed E-state index contributed by atoms with van der Waals surface area (Å²) in [6.07, 6.45) is 0.753. The molecule has 1 heterocycles. The van der Waals surface area contributed by atoms with Gasteiger partial charge in [0.05, 0.1) is 5.69 Å². The zero-order valence-corrected chi connectivity index (χ0v) is 16.7. The Morgan fingerprint density at radius 1 is 1.07 bits per heavy atom. The summed E-state index contributed by atoms with van der Waals surface area (Å²) in [6.45, 7) is 6.12. The van der Waals surface area contributed by atoms with Crippen molar-refractivity contribution < 1.29 is 9.59 Å². The molecule has 0 saturated carbocycles. The van der Waals surface area contributed by atoms with Crippen molar-refractivity contribution >= 4 is 11.7 Å². The fourth-order valence-electron chi connectivity index (χ4n) is 3.41. The lowest BCUT2D eigenvalue weighted by molar-refractivity contribution is 0.0796. The smallest absolute Gasteiger partial charge is 0.253 e. The molecule has 5 nitrogen and oxygen atoms in total. The van der Waals surface area contributed by atoms with E-state index in [4.69, 9.17) is 0 Å². The number of ketones is 1. The molecule has 0 bridgehead atoms. The quantitative estimate of drug-likeness (QED) is 0.656. The van der Waals surface area contributed by atoms with Crippen LogP contribution in [0.25, 0.3) is 11.1 Å². The van der Waals surface area contributed by atoms with Gasteiger partial charge in [0, 0.05) is 30.4 Å². The minimum Gasteiger partial charge on any atom is -0.341 e. The Morgan fingerprint density at radius 3 is 2.50 bits per heavy atom. The van der Waals surface area contributed by atoms with Crippen molar-refractivity contribution in [3.63, 3.8) is 0 Å². The predicted molar refractivity (Wildman–Crippen MR) is 111 cm³/mol. The van der Waals surface area contributed by atoms with Crippen molar-refractivity contribution in [2.24, 2.45) is 0 Å². The van der Waals surface area contributed by atoms with Gasteiger partial charge in [0.2, 0.25) is 0 Å². The summed E-state index contributed by atoms with van der Waals surface area (Å²) in [5.74, 6) is -0.0312. The third kappa shape index (κ3) is 4.03. The van der Waals surface area contributed by atoms with E-state index in [0.29, 0.717) is 17.7 Å². The average molecular weight is 375 g/mol. The van der Waals surface area contributed by atoms with Crippen LogP contribution in [0, 0.1) is 13.8 Å². The Labute approximate surface area is 165 Å². The molecule has 0 unspecified atom stereocenters. The minimum atomic E-state index is -0.0408. The van der Waals surface area contributed by atoms with Crippen LogP contribution in [-0.2, 0) is 6.42 Å². The van der Waals surface area contributed by atoms with E-state index in [9.17, 15) is 9.59 Å². The summed E-state index contributed by atoms with van der Waals surface area (Å²) in [4.78, 5) is 26.6. The monoisotopic (exact) mass is 375 g/mol. The molecule has 1 aromatic heterocycles. The molecular weight excluding hydrogens is 350 g/mol. The molecule has 0 aliphatic rings. The second kappa shape index (κ2) is 8.21. The molecule has 0 atom stereocenters. The first kappa shape index (κ1) is 19.5. The van der Waals surface area contributed by atoms with Gasteiger partial charge in [0.15, 0.2) is 5.78 Å². The van der Waals surface area contributed by atoms with E-state index in [1.807, 2.05) is 69.4 Å². The number of carbonyl (C=O) groups is 2. The van der Waals surface area contributed by atoms with E-state index < -0.39 is 0 Å². The number of hydrogen-bond acceptors (Lipinski definition) is 3. The summed E-state index contributed by atoms with van der Waals surface area (Å²) in [6, 6.07) is 14.9. The molecule has 5 heteroatoms. The van der Waals surface area contributed by atoms with Crippen LogP contribution in [0.1, 0.15) is 44.6 Å². The molecule has 1 amide bonds. The maximum atomic E-state index is 12.9. The number of aromatic nitrogens is 2. The average Bonchev–Trinajstić information content (AvgIpc) is 3.03. The molecule has 3 rings (SSSR count). The largest absolute Gasteiger partial charge is 0.341 e. The maximum absolute atomic E-state index is 12.9. The summed E-state index contributed by atoms with van der Waals surface area (Å²) >= 11 is 0. The van der Waals surface area contributed by atoms with Crippen LogP contribution in [0.2, 0.25) is 0 Å². The lowest BCUT2D eigenvalue weighted by Gasteiger charge is -2.18. The van der Waals surface area contributed by atoms with Crippen LogP contribution in [0.3, 0.4) is 0 Å². The Balaban J connectivity index is 1.80. The van der Waals surface area contributed by atoms with Gasteiger partial charge in [-0.3, -0.25) is 14.7 Å². The first-order chi connectivity index (χ1) is 13.4. The van der Waals surface area contributed by atoms with Crippen molar-refractivity contribution in [1.82, 2.24) is 15.1 Å². The van der Waals surface area contributed by atoms with E-state index in [2.05, 4.69) is 10.2 Å². The van der Waals surface area contributed by atoms with E-state index in [1.165, 1.54) is 0 Å². The predicted octanol–water partition coefficient (Wildman–Crippen LogP) is 4.21. The van der Waals surface area contributed by atoms with Crippen molar-refractivity contribution in [2.75, 3.05) is 13.6 Å². The Hall–Kier alpha value is -3.21. The molecule has 1 N–H and O–H groups in total. The molecule has 0 spiro atoms. The zero-order valence-electron chi connectivity index (χ0n) is 16.7. The van der Waals surface area contributed by atoms with E-state index in [-0.39, 0.29) is 11.7 Å². The SMILES string of the molecule is CC(=O)c1ccccc1-c1cccc(C(=O)N(C)CCc2c(C)n[nH]c2C)c1. The van der Waals surface area contributed by atoms with Gasteiger partial charge >= 0.3 is 0 Å². The van der Waals surface area contributed by atoms with Gasteiger partial charge in [-0.25, -0.2) is 0 Å². The number of aromatic amines is 1. The highest BCUT2D eigenvalue weighted by Crippen LogP contribution is 2.25. The van der Waals surface area contributed by atoms with Crippen molar-refractivity contribution in [3.05, 3.63) is 76.6 Å². The standard InChI is InChI=1S/C23H25N3O2/c1-15-20(16(2)25-24-15)12-13-26(4)23(28)19-9-7-8-18(14-19)22-11-6-5-10-21(22)17(3)27/h5-11,14H,12-13H2,1-4H3,(H,24,25). The Morgan fingerprint density at radius 2 is 1.82 bits per heavy atom. The van der Waals surface area contributed by atoms with Crippen LogP contribution in [0.5, 0.6) is 0 Å². The van der Waals surface area contributed by atoms with E-state index >= 15 is 0 Å². The van der Waals surface area contributed by atoms with Crippen molar-refractivity contribution in [1.29, 1.82) is 0 Å². The molecule has 0 fully saturated rings. The number of benzene rings is 2. The Bertz CT molecular complexity index is 1000. The molecule has 0 radical (unpaired) electrons. The summed E-state index contributed by atoms with van der Waals surface area (Å²) in [5.41, 5.74) is 6.15. The number of hydrogen-bond donors (Lipinski definition) is 1.